The minimum Gasteiger partial charge on any atom is -0.490 e. The number of carbonyl (C=O) groups excluding carboxylic acids is 3. The number of hydrogen-bond acceptors (Lipinski definition) is 7. The highest BCUT2D eigenvalue weighted by Crippen LogP contribution is 2.34. The van der Waals surface area contributed by atoms with Gasteiger partial charge >= 0.3 is 0 Å². The zero-order valence-electron chi connectivity index (χ0n) is 16.5. The Balaban J connectivity index is 1.73. The van der Waals surface area contributed by atoms with Crippen molar-refractivity contribution in [1.82, 2.24) is 9.80 Å². The van der Waals surface area contributed by atoms with E-state index in [0.29, 0.717) is 56.6 Å². The number of nitrogens with zero attached hydrogens (tertiary/aromatic N) is 2. The average Bonchev–Trinajstić information content (AvgIpc) is 2.98. The third kappa shape index (κ3) is 5.10. The fourth-order valence-electron chi connectivity index (χ4n) is 2.99. The van der Waals surface area contributed by atoms with Gasteiger partial charge in [-0.3, -0.25) is 19.3 Å². The second-order valence-electron chi connectivity index (χ2n) is 6.33. The lowest BCUT2D eigenvalue weighted by Crippen LogP contribution is -2.46. The van der Waals surface area contributed by atoms with Crippen molar-refractivity contribution in [2.45, 2.75) is 13.8 Å². The van der Waals surface area contributed by atoms with Crippen LogP contribution in [0.15, 0.2) is 23.1 Å². The van der Waals surface area contributed by atoms with Crippen molar-refractivity contribution < 1.29 is 28.6 Å². The van der Waals surface area contributed by atoms with Crippen LogP contribution in [0.4, 0.5) is 4.79 Å². The first-order valence-electron chi connectivity index (χ1n) is 9.54. The summed E-state index contributed by atoms with van der Waals surface area (Å²) in [6.07, 6.45) is 1.63. The van der Waals surface area contributed by atoms with E-state index >= 15 is 0 Å². The van der Waals surface area contributed by atoms with Crippen LogP contribution in [0.2, 0.25) is 0 Å². The molecule has 0 atom stereocenters. The molecular formula is C20H24N2O6S. The summed E-state index contributed by atoms with van der Waals surface area (Å²) in [4.78, 5) is 40.2. The molecule has 0 unspecified atom stereocenters. The van der Waals surface area contributed by atoms with Crippen molar-refractivity contribution in [1.29, 1.82) is 0 Å². The second kappa shape index (κ2) is 9.80. The number of ether oxygens (including phenoxy) is 3. The van der Waals surface area contributed by atoms with Gasteiger partial charge in [0.1, 0.15) is 6.54 Å². The number of carbonyl (C=O) groups is 3. The topological polar surface area (TPSA) is 85.4 Å². The molecule has 3 rings (SSSR count). The van der Waals surface area contributed by atoms with E-state index in [-0.39, 0.29) is 17.4 Å². The molecule has 0 radical (unpaired) electrons. The molecule has 0 bridgehead atoms. The Morgan fingerprint density at radius 2 is 1.83 bits per heavy atom. The smallest absolute Gasteiger partial charge is 0.294 e. The number of imide groups is 1. The molecule has 0 saturated carbocycles. The Hall–Kier alpha value is -2.52. The highest BCUT2D eigenvalue weighted by molar-refractivity contribution is 8.18. The van der Waals surface area contributed by atoms with E-state index in [9.17, 15) is 14.4 Å². The van der Waals surface area contributed by atoms with Crippen LogP contribution in [0.25, 0.3) is 6.08 Å². The third-order valence-electron chi connectivity index (χ3n) is 4.40. The summed E-state index contributed by atoms with van der Waals surface area (Å²) in [6.45, 7) is 6.36. The maximum atomic E-state index is 12.7. The molecule has 2 fully saturated rings. The van der Waals surface area contributed by atoms with Crippen LogP contribution in [0.5, 0.6) is 11.5 Å². The molecule has 29 heavy (non-hydrogen) atoms. The van der Waals surface area contributed by atoms with Crippen molar-refractivity contribution in [2.75, 3.05) is 46.1 Å². The Bertz CT molecular complexity index is 819. The molecule has 2 heterocycles. The zero-order valence-corrected chi connectivity index (χ0v) is 17.3. The molecule has 8 nitrogen and oxygen atoms in total. The normalized spacial score (nSPS) is 18.5. The van der Waals surface area contributed by atoms with Gasteiger partial charge in [0.25, 0.3) is 11.1 Å². The van der Waals surface area contributed by atoms with Crippen LogP contribution < -0.4 is 9.47 Å². The predicted molar refractivity (Wildman–Crippen MR) is 109 cm³/mol. The summed E-state index contributed by atoms with van der Waals surface area (Å²) in [5, 5.41) is -0.446. The van der Waals surface area contributed by atoms with Crippen molar-refractivity contribution in [3.8, 4) is 11.5 Å². The number of hydrogen-bond donors (Lipinski definition) is 0. The lowest BCUT2D eigenvalue weighted by molar-refractivity contribution is -0.139. The fourth-order valence-corrected chi connectivity index (χ4v) is 3.83. The average molecular weight is 420 g/mol. The summed E-state index contributed by atoms with van der Waals surface area (Å²) in [7, 11) is 0. The molecule has 1 aromatic carbocycles. The van der Waals surface area contributed by atoms with E-state index in [4.69, 9.17) is 14.2 Å². The van der Waals surface area contributed by atoms with Crippen molar-refractivity contribution in [2.24, 2.45) is 0 Å². The molecule has 156 valence electrons. The van der Waals surface area contributed by atoms with Gasteiger partial charge in [-0.25, -0.2) is 0 Å². The lowest BCUT2D eigenvalue weighted by Gasteiger charge is -2.28. The standard InChI is InChI=1S/C20H24N2O6S/c1-3-27-15-6-5-14(11-16(15)28-4-2)12-17-19(24)22(20(25)29-17)13-18(23)21-7-9-26-10-8-21/h5-6,11-12H,3-4,7-10,13H2,1-2H3/b17-12+. The molecule has 1 aromatic rings. The van der Waals surface area contributed by atoms with Gasteiger partial charge in [0, 0.05) is 13.1 Å². The van der Waals surface area contributed by atoms with Crippen molar-refractivity contribution in [3.63, 3.8) is 0 Å². The van der Waals surface area contributed by atoms with Gasteiger partial charge in [-0.05, 0) is 49.4 Å². The second-order valence-corrected chi connectivity index (χ2v) is 7.33. The van der Waals surface area contributed by atoms with E-state index in [0.717, 1.165) is 16.7 Å². The lowest BCUT2D eigenvalue weighted by atomic mass is 10.2. The van der Waals surface area contributed by atoms with E-state index in [1.54, 1.807) is 29.2 Å². The Kier molecular flexibility index (Phi) is 7.16. The van der Waals surface area contributed by atoms with Crippen molar-refractivity contribution in [3.05, 3.63) is 28.7 Å². The molecule has 0 N–H and O–H groups in total. The molecule has 0 spiro atoms. The quantitative estimate of drug-likeness (QED) is 0.626. The SMILES string of the molecule is CCOc1ccc(/C=C2/SC(=O)N(CC(=O)N3CCOCC3)C2=O)cc1OCC. The molecule has 3 amide bonds. The van der Waals surface area contributed by atoms with Gasteiger partial charge in [0.15, 0.2) is 11.5 Å². The fraction of sp³-hybridized carbons (Fsp3) is 0.450. The Labute approximate surface area is 173 Å². The van der Waals surface area contributed by atoms with E-state index < -0.39 is 11.1 Å². The van der Waals surface area contributed by atoms with E-state index in [1.807, 2.05) is 13.8 Å². The van der Waals surface area contributed by atoms with E-state index in [2.05, 4.69) is 0 Å². The minimum absolute atomic E-state index is 0.253. The number of morpholine rings is 1. The number of benzene rings is 1. The monoisotopic (exact) mass is 420 g/mol. The number of amides is 3. The first kappa shape index (κ1) is 21.2. The zero-order chi connectivity index (χ0) is 20.8. The predicted octanol–water partition coefficient (Wildman–Crippen LogP) is 2.38. The Morgan fingerprint density at radius 3 is 2.52 bits per heavy atom. The number of thioether (sulfide) groups is 1. The molecular weight excluding hydrogens is 396 g/mol. The van der Waals surface area contributed by atoms with Gasteiger partial charge in [0.05, 0.1) is 31.3 Å². The molecule has 0 aliphatic carbocycles. The van der Waals surface area contributed by atoms with Gasteiger partial charge < -0.3 is 19.1 Å². The van der Waals surface area contributed by atoms with E-state index in [1.165, 1.54) is 0 Å². The highest BCUT2D eigenvalue weighted by atomic mass is 32.2. The first-order valence-corrected chi connectivity index (χ1v) is 10.4. The maximum absolute atomic E-state index is 12.7. The van der Waals surface area contributed by atoms with Crippen LogP contribution in [-0.2, 0) is 14.3 Å². The van der Waals surface area contributed by atoms with Gasteiger partial charge in [-0.1, -0.05) is 6.07 Å². The molecule has 2 saturated heterocycles. The summed E-state index contributed by atoms with van der Waals surface area (Å²) < 4.78 is 16.4. The Morgan fingerprint density at radius 1 is 1.14 bits per heavy atom. The molecule has 2 aliphatic heterocycles. The minimum atomic E-state index is -0.464. The number of rotatable bonds is 7. The van der Waals surface area contributed by atoms with Gasteiger partial charge in [0.2, 0.25) is 5.91 Å². The van der Waals surface area contributed by atoms with Crippen LogP contribution in [-0.4, -0.2) is 72.9 Å². The molecule has 2 aliphatic rings. The van der Waals surface area contributed by atoms with Crippen molar-refractivity contribution >= 4 is 34.9 Å². The summed E-state index contributed by atoms with van der Waals surface area (Å²) in [6, 6.07) is 5.33. The molecule has 9 heteroatoms. The van der Waals surface area contributed by atoms with Crippen LogP contribution in [0.1, 0.15) is 19.4 Å². The largest absolute Gasteiger partial charge is 0.490 e. The van der Waals surface area contributed by atoms with Crippen LogP contribution in [0, 0.1) is 0 Å². The summed E-state index contributed by atoms with van der Waals surface area (Å²) in [5.41, 5.74) is 0.710. The summed E-state index contributed by atoms with van der Waals surface area (Å²) >= 11 is 0.830. The highest BCUT2D eigenvalue weighted by Gasteiger charge is 2.37. The van der Waals surface area contributed by atoms with Gasteiger partial charge in [-0.15, -0.1) is 0 Å². The van der Waals surface area contributed by atoms with Gasteiger partial charge in [-0.2, -0.15) is 0 Å². The summed E-state index contributed by atoms with van der Waals surface area (Å²) in [5.74, 6) is 0.477. The van der Waals surface area contributed by atoms with Crippen LogP contribution in [0.3, 0.4) is 0 Å². The maximum Gasteiger partial charge on any atom is 0.294 e. The first-order chi connectivity index (χ1) is 14.0. The molecule has 0 aromatic heterocycles. The van der Waals surface area contributed by atoms with Crippen LogP contribution >= 0.6 is 11.8 Å². The third-order valence-corrected chi connectivity index (χ3v) is 5.30.